The number of thioether (sulfide) groups is 1. The molecule has 0 saturated heterocycles. The number of benzene rings is 1. The summed E-state index contributed by atoms with van der Waals surface area (Å²) in [6.07, 6.45) is 1.20. The number of rotatable bonds is 7. The lowest BCUT2D eigenvalue weighted by molar-refractivity contribution is -0.383. The van der Waals surface area contributed by atoms with Gasteiger partial charge in [0.25, 0.3) is 5.69 Å². The fraction of sp³-hybridized carbons (Fsp3) is 0.538. The van der Waals surface area contributed by atoms with E-state index < -0.39 is 0 Å². The average Bonchev–Trinajstić information content (AvgIpc) is 2.33. The smallest absolute Gasteiger partial charge is 0.292 e. The molecule has 0 aliphatic rings. The number of nitrogens with zero attached hydrogens (tertiary/aromatic N) is 1. The van der Waals surface area contributed by atoms with E-state index in [1.165, 1.54) is 6.42 Å². The largest absolute Gasteiger partial charge is 0.383 e. The van der Waals surface area contributed by atoms with Crippen LogP contribution >= 0.6 is 11.8 Å². The molecule has 0 aliphatic carbocycles. The molecule has 0 aliphatic heterocycles. The van der Waals surface area contributed by atoms with Crippen LogP contribution < -0.4 is 5.32 Å². The molecule has 0 aromatic heterocycles. The minimum Gasteiger partial charge on any atom is -0.383 e. The predicted molar refractivity (Wildman–Crippen MR) is 78.3 cm³/mol. The Morgan fingerprint density at radius 3 is 2.72 bits per heavy atom. The molecule has 0 radical (unpaired) electrons. The Hall–Kier alpha value is -1.23. The molecule has 0 heterocycles. The lowest BCUT2D eigenvalue weighted by Gasteiger charge is -2.07. The SMILES string of the molecule is CNc1cc(CSCCC(C)C)ccc1[N+](=O)[O-]. The summed E-state index contributed by atoms with van der Waals surface area (Å²) in [5.41, 5.74) is 1.84. The summed E-state index contributed by atoms with van der Waals surface area (Å²) >= 11 is 1.87. The topological polar surface area (TPSA) is 55.2 Å². The van der Waals surface area contributed by atoms with Crippen LogP contribution in [-0.2, 0) is 5.75 Å². The molecule has 1 aromatic rings. The van der Waals surface area contributed by atoms with E-state index in [9.17, 15) is 10.1 Å². The molecule has 4 nitrogen and oxygen atoms in total. The number of nitrogens with one attached hydrogen (secondary N) is 1. The van der Waals surface area contributed by atoms with Crippen LogP contribution in [0.5, 0.6) is 0 Å². The predicted octanol–water partition coefficient (Wildman–Crippen LogP) is 3.92. The van der Waals surface area contributed by atoms with E-state index in [0.717, 1.165) is 23.0 Å². The molecule has 1 N–H and O–H groups in total. The van der Waals surface area contributed by atoms with Crippen molar-refractivity contribution in [2.75, 3.05) is 18.1 Å². The van der Waals surface area contributed by atoms with E-state index in [4.69, 9.17) is 0 Å². The van der Waals surface area contributed by atoms with Crippen molar-refractivity contribution in [1.29, 1.82) is 0 Å². The highest BCUT2D eigenvalue weighted by atomic mass is 32.2. The van der Waals surface area contributed by atoms with Gasteiger partial charge in [-0.2, -0.15) is 11.8 Å². The van der Waals surface area contributed by atoms with Crippen molar-refractivity contribution in [3.63, 3.8) is 0 Å². The first-order chi connectivity index (χ1) is 8.54. The van der Waals surface area contributed by atoms with Gasteiger partial charge in [0.15, 0.2) is 0 Å². The highest BCUT2D eigenvalue weighted by molar-refractivity contribution is 7.98. The van der Waals surface area contributed by atoms with Crippen LogP contribution in [0.3, 0.4) is 0 Å². The van der Waals surface area contributed by atoms with Crippen molar-refractivity contribution in [3.05, 3.63) is 33.9 Å². The van der Waals surface area contributed by atoms with Crippen LogP contribution in [0.15, 0.2) is 18.2 Å². The summed E-state index contributed by atoms with van der Waals surface area (Å²) in [7, 11) is 1.71. The second-order valence-electron chi connectivity index (χ2n) is 4.59. The Labute approximate surface area is 112 Å². The van der Waals surface area contributed by atoms with Crippen LogP contribution in [0.4, 0.5) is 11.4 Å². The van der Waals surface area contributed by atoms with Crippen LogP contribution in [0.25, 0.3) is 0 Å². The standard InChI is InChI=1S/C13H20N2O2S/c1-10(2)6-7-18-9-11-4-5-13(15(16)17)12(8-11)14-3/h4-5,8,10,14H,6-7,9H2,1-3H3. The Bertz CT molecular complexity index is 408. The van der Waals surface area contributed by atoms with Gasteiger partial charge in [0.2, 0.25) is 0 Å². The fourth-order valence-electron chi connectivity index (χ4n) is 1.54. The third-order valence-electron chi connectivity index (χ3n) is 2.64. The fourth-order valence-corrected chi connectivity index (χ4v) is 2.74. The first kappa shape index (κ1) is 14.8. The lowest BCUT2D eigenvalue weighted by atomic mass is 10.2. The molecule has 1 aromatic carbocycles. The van der Waals surface area contributed by atoms with Gasteiger partial charge in [-0.15, -0.1) is 0 Å². The van der Waals surface area contributed by atoms with Crippen molar-refractivity contribution >= 4 is 23.1 Å². The molecule has 0 fully saturated rings. The summed E-state index contributed by atoms with van der Waals surface area (Å²) in [5.74, 6) is 2.75. The van der Waals surface area contributed by atoms with E-state index in [2.05, 4.69) is 19.2 Å². The average molecular weight is 268 g/mol. The molecule has 0 atom stereocenters. The molecule has 1 rings (SSSR count). The third-order valence-corrected chi connectivity index (χ3v) is 3.70. The van der Waals surface area contributed by atoms with Crippen molar-refractivity contribution in [1.82, 2.24) is 0 Å². The second kappa shape index (κ2) is 7.26. The van der Waals surface area contributed by atoms with Gasteiger partial charge in [0, 0.05) is 18.9 Å². The Morgan fingerprint density at radius 2 is 2.17 bits per heavy atom. The van der Waals surface area contributed by atoms with Crippen molar-refractivity contribution < 1.29 is 4.92 Å². The van der Waals surface area contributed by atoms with Crippen LogP contribution in [0.2, 0.25) is 0 Å². The summed E-state index contributed by atoms with van der Waals surface area (Å²) in [4.78, 5) is 10.4. The van der Waals surface area contributed by atoms with Crippen molar-refractivity contribution in [3.8, 4) is 0 Å². The quantitative estimate of drug-likeness (QED) is 0.462. The number of hydrogen-bond acceptors (Lipinski definition) is 4. The van der Waals surface area contributed by atoms with Crippen LogP contribution in [-0.4, -0.2) is 17.7 Å². The monoisotopic (exact) mass is 268 g/mol. The Morgan fingerprint density at radius 1 is 1.44 bits per heavy atom. The van der Waals surface area contributed by atoms with Gasteiger partial charge in [0.1, 0.15) is 5.69 Å². The summed E-state index contributed by atoms with van der Waals surface area (Å²) < 4.78 is 0. The molecule has 0 amide bonds. The van der Waals surface area contributed by atoms with Gasteiger partial charge >= 0.3 is 0 Å². The van der Waals surface area contributed by atoms with Crippen LogP contribution in [0.1, 0.15) is 25.8 Å². The van der Waals surface area contributed by atoms with Gasteiger partial charge < -0.3 is 5.32 Å². The number of hydrogen-bond donors (Lipinski definition) is 1. The molecule has 0 unspecified atom stereocenters. The minimum absolute atomic E-state index is 0.133. The maximum Gasteiger partial charge on any atom is 0.292 e. The first-order valence-corrected chi connectivity index (χ1v) is 7.23. The van der Waals surface area contributed by atoms with Gasteiger partial charge in [-0.3, -0.25) is 10.1 Å². The third kappa shape index (κ3) is 4.56. The second-order valence-corrected chi connectivity index (χ2v) is 5.70. The maximum absolute atomic E-state index is 10.8. The van der Waals surface area contributed by atoms with Gasteiger partial charge in [-0.05, 0) is 29.7 Å². The summed E-state index contributed by atoms with van der Waals surface area (Å²) in [6.45, 7) is 4.43. The first-order valence-electron chi connectivity index (χ1n) is 6.07. The highest BCUT2D eigenvalue weighted by Crippen LogP contribution is 2.27. The highest BCUT2D eigenvalue weighted by Gasteiger charge is 2.12. The van der Waals surface area contributed by atoms with Crippen LogP contribution in [0, 0.1) is 16.0 Å². The molecule has 0 bridgehead atoms. The Kier molecular flexibility index (Phi) is 5.98. The van der Waals surface area contributed by atoms with Gasteiger partial charge in [-0.25, -0.2) is 0 Å². The van der Waals surface area contributed by atoms with E-state index in [-0.39, 0.29) is 10.6 Å². The molecular formula is C13H20N2O2S. The molecular weight excluding hydrogens is 248 g/mol. The van der Waals surface area contributed by atoms with Gasteiger partial charge in [0.05, 0.1) is 4.92 Å². The number of nitro groups is 1. The van der Waals surface area contributed by atoms with Crippen molar-refractivity contribution in [2.24, 2.45) is 5.92 Å². The number of nitro benzene ring substituents is 1. The zero-order valence-electron chi connectivity index (χ0n) is 11.1. The molecule has 0 spiro atoms. The molecule has 18 heavy (non-hydrogen) atoms. The zero-order valence-corrected chi connectivity index (χ0v) is 11.9. The van der Waals surface area contributed by atoms with E-state index >= 15 is 0 Å². The number of anilines is 1. The lowest BCUT2D eigenvalue weighted by Crippen LogP contribution is -1.97. The molecule has 100 valence electrons. The maximum atomic E-state index is 10.8. The molecule has 0 saturated carbocycles. The minimum atomic E-state index is -0.360. The van der Waals surface area contributed by atoms with E-state index in [0.29, 0.717) is 5.69 Å². The Balaban J connectivity index is 2.60. The zero-order chi connectivity index (χ0) is 13.5. The summed E-state index contributed by atoms with van der Waals surface area (Å²) in [6, 6.07) is 5.27. The normalized spacial score (nSPS) is 10.7. The van der Waals surface area contributed by atoms with E-state index in [1.54, 1.807) is 13.1 Å². The summed E-state index contributed by atoms with van der Waals surface area (Å²) in [5, 5.41) is 13.7. The van der Waals surface area contributed by atoms with Crippen molar-refractivity contribution in [2.45, 2.75) is 26.0 Å². The van der Waals surface area contributed by atoms with Gasteiger partial charge in [-0.1, -0.05) is 19.9 Å². The van der Waals surface area contributed by atoms with E-state index in [1.807, 2.05) is 23.9 Å². The molecule has 5 heteroatoms.